The Morgan fingerprint density at radius 3 is 2.54 bits per heavy atom. The molecule has 0 saturated heterocycles. The Balaban J connectivity index is 1.57. The van der Waals surface area contributed by atoms with Gasteiger partial charge < -0.3 is 31.2 Å². The molecule has 37 heavy (non-hydrogen) atoms. The van der Waals surface area contributed by atoms with E-state index in [1.165, 1.54) is 11.9 Å². The van der Waals surface area contributed by atoms with Crippen molar-refractivity contribution in [3.05, 3.63) is 29.6 Å². The molecule has 4 rings (SSSR count). The Morgan fingerprint density at radius 1 is 1.19 bits per heavy atom. The van der Waals surface area contributed by atoms with E-state index in [2.05, 4.69) is 47.1 Å². The van der Waals surface area contributed by atoms with Gasteiger partial charge in [-0.25, -0.2) is 14.8 Å². The Hall–Kier alpha value is -3.07. The van der Waals surface area contributed by atoms with Gasteiger partial charge in [0.1, 0.15) is 23.5 Å². The number of nitrogens with one attached hydrogen (secondary N) is 1. The van der Waals surface area contributed by atoms with Gasteiger partial charge >= 0.3 is 6.09 Å². The van der Waals surface area contributed by atoms with Crippen LogP contribution in [0.25, 0.3) is 11.3 Å². The molecule has 1 amide bonds. The first-order valence-electron chi connectivity index (χ1n) is 13.2. The van der Waals surface area contributed by atoms with Crippen molar-refractivity contribution in [2.75, 3.05) is 30.8 Å². The maximum absolute atomic E-state index is 12.2. The summed E-state index contributed by atoms with van der Waals surface area (Å²) < 4.78 is 12.1. The molecule has 1 heterocycles. The van der Waals surface area contributed by atoms with Gasteiger partial charge in [0.05, 0.1) is 17.5 Å². The lowest BCUT2D eigenvalue weighted by Gasteiger charge is -2.37. The highest BCUT2D eigenvalue weighted by molar-refractivity contribution is 5.83. The smallest absolute Gasteiger partial charge is 0.407 e. The van der Waals surface area contributed by atoms with E-state index >= 15 is 0 Å². The van der Waals surface area contributed by atoms with Crippen molar-refractivity contribution in [3.8, 4) is 17.0 Å². The van der Waals surface area contributed by atoms with E-state index in [-0.39, 0.29) is 23.7 Å². The summed E-state index contributed by atoms with van der Waals surface area (Å²) >= 11 is 0. The lowest BCUT2D eigenvalue weighted by Crippen LogP contribution is -2.42. The molecule has 0 spiro atoms. The number of nitrogens with two attached hydrogens (primary N) is 2. The molecule has 0 atom stereocenters. The summed E-state index contributed by atoms with van der Waals surface area (Å²) in [6.07, 6.45) is 5.45. The van der Waals surface area contributed by atoms with Gasteiger partial charge in [-0.1, -0.05) is 13.8 Å². The topological polar surface area (TPSA) is 129 Å². The number of benzene rings is 1. The average molecular weight is 511 g/mol. The number of aromatic nitrogens is 2. The number of nitrogen functional groups attached to an aromatic ring is 1. The summed E-state index contributed by atoms with van der Waals surface area (Å²) in [5.74, 6) is 1.40. The van der Waals surface area contributed by atoms with Crippen LogP contribution in [-0.4, -0.2) is 53.9 Å². The summed E-state index contributed by atoms with van der Waals surface area (Å²) in [5.41, 5.74) is 16.8. The van der Waals surface area contributed by atoms with Gasteiger partial charge in [0.25, 0.3) is 0 Å². The fourth-order valence-electron chi connectivity index (χ4n) is 5.61. The van der Waals surface area contributed by atoms with Crippen molar-refractivity contribution in [3.63, 3.8) is 0 Å². The zero-order chi connectivity index (χ0) is 27.0. The van der Waals surface area contributed by atoms with Crippen LogP contribution in [0.2, 0.25) is 0 Å². The van der Waals surface area contributed by atoms with Crippen molar-refractivity contribution in [1.29, 1.82) is 0 Å². The van der Waals surface area contributed by atoms with Crippen LogP contribution in [0.5, 0.6) is 5.75 Å². The lowest BCUT2D eigenvalue weighted by atomic mass is 9.71. The summed E-state index contributed by atoms with van der Waals surface area (Å²) in [4.78, 5) is 23.3. The van der Waals surface area contributed by atoms with Crippen LogP contribution in [0.3, 0.4) is 0 Å². The number of carbonyl (C=O) groups is 1. The van der Waals surface area contributed by atoms with E-state index < -0.39 is 5.60 Å². The molecule has 1 aromatic carbocycles. The van der Waals surface area contributed by atoms with Crippen LogP contribution in [0.1, 0.15) is 71.4 Å². The average Bonchev–Trinajstić information content (AvgIpc) is 2.78. The number of anilines is 2. The van der Waals surface area contributed by atoms with E-state index in [0.717, 1.165) is 60.4 Å². The summed E-state index contributed by atoms with van der Waals surface area (Å²) in [6, 6.07) is 4.24. The highest BCUT2D eigenvalue weighted by atomic mass is 16.6. The number of alkyl carbamates (subject to hydrolysis) is 1. The zero-order valence-corrected chi connectivity index (χ0v) is 23.1. The molecular formula is C28H42N6O3. The minimum absolute atomic E-state index is 0.0709. The molecule has 9 nitrogen and oxygen atoms in total. The van der Waals surface area contributed by atoms with Crippen molar-refractivity contribution >= 4 is 17.6 Å². The van der Waals surface area contributed by atoms with Gasteiger partial charge in [-0.3, -0.25) is 0 Å². The summed E-state index contributed by atoms with van der Waals surface area (Å²) in [5, 5.41) is 3.01. The first-order valence-corrected chi connectivity index (χ1v) is 13.2. The molecule has 0 bridgehead atoms. The monoisotopic (exact) mass is 510 g/mol. The number of ether oxygens (including phenoxy) is 2. The SMILES string of the molecule is CN(CCN)c1c(O[C@H]2CC[C@H](NC(=O)OC(C)(C)C)CC2)ccc2c1CC(C)(C)c1c(N)ncnc1-2. The largest absolute Gasteiger partial charge is 0.488 e. The second kappa shape index (κ2) is 10.4. The predicted molar refractivity (Wildman–Crippen MR) is 147 cm³/mol. The maximum Gasteiger partial charge on any atom is 0.407 e. The molecular weight excluding hydrogens is 468 g/mol. The summed E-state index contributed by atoms with van der Waals surface area (Å²) in [6.45, 7) is 11.2. The molecule has 2 aliphatic carbocycles. The van der Waals surface area contributed by atoms with Crippen LogP contribution in [0.4, 0.5) is 16.3 Å². The van der Waals surface area contributed by atoms with Crippen molar-refractivity contribution < 1.29 is 14.3 Å². The third-order valence-corrected chi connectivity index (χ3v) is 7.21. The molecule has 9 heteroatoms. The van der Waals surface area contributed by atoms with Crippen LogP contribution in [0.15, 0.2) is 18.5 Å². The standard InChI is InChI=1S/C28H42N6O3/c1-27(2,3)37-26(35)33-17-7-9-18(10-8-17)36-21-12-11-19-20(24(21)34(6)14-13-29)15-28(4,5)22-23(19)31-16-32-25(22)30/h11-12,16-18H,7-10,13-15,29H2,1-6H3,(H,33,35)(H2,30,31,32)/t17-,18-. The molecule has 5 N–H and O–H groups in total. The van der Waals surface area contributed by atoms with Crippen molar-refractivity contribution in [1.82, 2.24) is 15.3 Å². The number of carbonyl (C=O) groups excluding carboxylic acids is 1. The minimum atomic E-state index is -0.504. The Bertz CT molecular complexity index is 1140. The number of amides is 1. The molecule has 2 aliphatic rings. The fourth-order valence-corrected chi connectivity index (χ4v) is 5.61. The molecule has 202 valence electrons. The van der Waals surface area contributed by atoms with Crippen LogP contribution in [-0.2, 0) is 16.6 Å². The number of fused-ring (bicyclic) bond motifs is 3. The predicted octanol–water partition coefficient (Wildman–Crippen LogP) is 4.17. The number of hydrogen-bond acceptors (Lipinski definition) is 8. The van der Waals surface area contributed by atoms with Crippen LogP contribution >= 0.6 is 0 Å². The van der Waals surface area contributed by atoms with Gasteiger partial charge in [0, 0.05) is 37.3 Å². The van der Waals surface area contributed by atoms with Gasteiger partial charge in [0.15, 0.2) is 0 Å². The van der Waals surface area contributed by atoms with E-state index in [9.17, 15) is 4.79 Å². The third kappa shape index (κ3) is 5.92. The molecule has 0 unspecified atom stereocenters. The fraction of sp³-hybridized carbons (Fsp3) is 0.607. The number of hydrogen-bond donors (Lipinski definition) is 3. The maximum atomic E-state index is 12.2. The van der Waals surface area contributed by atoms with Crippen LogP contribution < -0.4 is 26.4 Å². The molecule has 1 aromatic heterocycles. The first-order chi connectivity index (χ1) is 17.4. The normalized spacial score (nSPS) is 20.4. The van der Waals surface area contributed by atoms with E-state index in [1.807, 2.05) is 26.8 Å². The second-order valence-corrected chi connectivity index (χ2v) is 11.9. The minimum Gasteiger partial charge on any atom is -0.488 e. The van der Waals surface area contributed by atoms with E-state index in [1.54, 1.807) is 0 Å². The molecule has 0 radical (unpaired) electrons. The zero-order valence-electron chi connectivity index (χ0n) is 23.1. The number of rotatable bonds is 6. The van der Waals surface area contributed by atoms with E-state index in [4.69, 9.17) is 20.9 Å². The van der Waals surface area contributed by atoms with E-state index in [0.29, 0.717) is 18.9 Å². The van der Waals surface area contributed by atoms with Crippen molar-refractivity contribution in [2.24, 2.45) is 5.73 Å². The first kappa shape index (κ1) is 27.0. The molecule has 1 fully saturated rings. The molecule has 2 aromatic rings. The quantitative estimate of drug-likeness (QED) is 0.528. The third-order valence-electron chi connectivity index (χ3n) is 7.21. The highest BCUT2D eigenvalue weighted by Gasteiger charge is 2.37. The van der Waals surface area contributed by atoms with Crippen LogP contribution in [0, 0.1) is 0 Å². The Morgan fingerprint density at radius 2 is 1.89 bits per heavy atom. The van der Waals surface area contributed by atoms with Crippen molar-refractivity contribution in [2.45, 2.75) is 89.9 Å². The van der Waals surface area contributed by atoms with Gasteiger partial charge in [-0.05, 0) is 76.0 Å². The molecule has 1 saturated carbocycles. The number of likely N-dealkylation sites (N-methyl/N-ethyl adjacent to an activating group) is 1. The lowest BCUT2D eigenvalue weighted by molar-refractivity contribution is 0.0471. The number of nitrogens with zero attached hydrogens (tertiary/aromatic N) is 3. The summed E-state index contributed by atoms with van der Waals surface area (Å²) in [7, 11) is 2.06. The van der Waals surface area contributed by atoms with Gasteiger partial charge in [0.2, 0.25) is 0 Å². The second-order valence-electron chi connectivity index (χ2n) is 11.9. The highest BCUT2D eigenvalue weighted by Crippen LogP contribution is 2.49. The Kier molecular flexibility index (Phi) is 7.55. The van der Waals surface area contributed by atoms with Gasteiger partial charge in [-0.2, -0.15) is 0 Å². The van der Waals surface area contributed by atoms with Gasteiger partial charge in [-0.15, -0.1) is 0 Å². The molecule has 0 aliphatic heterocycles. The Labute approximate surface area is 220 Å².